The van der Waals surface area contributed by atoms with Crippen LogP contribution in [0.2, 0.25) is 0 Å². The van der Waals surface area contributed by atoms with Gasteiger partial charge in [0, 0.05) is 23.2 Å². The van der Waals surface area contributed by atoms with Crippen LogP contribution in [-0.2, 0) is 0 Å². The van der Waals surface area contributed by atoms with E-state index in [2.05, 4.69) is 21.9 Å². The Kier molecular flexibility index (Phi) is 4.19. The first-order valence-corrected chi connectivity index (χ1v) is 5.55. The molecule has 0 amide bonds. The standard InChI is InChI=1S/C12H15BrN2/c1-4-7-15(3)10-5-6-11(9(2)14)12(13)8-10/h1,5-6,8-9H,7,14H2,2-3H3/t9-/m0/s1. The van der Waals surface area contributed by atoms with E-state index in [0.717, 1.165) is 15.7 Å². The monoisotopic (exact) mass is 266 g/mol. The fourth-order valence-corrected chi connectivity index (χ4v) is 2.08. The minimum Gasteiger partial charge on any atom is -0.363 e. The van der Waals surface area contributed by atoms with Crippen LogP contribution in [0, 0.1) is 12.3 Å². The lowest BCUT2D eigenvalue weighted by atomic mass is 10.1. The molecule has 0 saturated carbocycles. The zero-order valence-electron chi connectivity index (χ0n) is 9.00. The summed E-state index contributed by atoms with van der Waals surface area (Å²) in [6.45, 7) is 2.56. The van der Waals surface area contributed by atoms with Crippen molar-refractivity contribution in [2.45, 2.75) is 13.0 Å². The van der Waals surface area contributed by atoms with Crippen molar-refractivity contribution in [3.05, 3.63) is 28.2 Å². The molecule has 0 spiro atoms. The molecule has 0 aliphatic heterocycles. The maximum absolute atomic E-state index is 5.82. The molecule has 0 aliphatic carbocycles. The summed E-state index contributed by atoms with van der Waals surface area (Å²) < 4.78 is 1.03. The highest BCUT2D eigenvalue weighted by Gasteiger charge is 2.07. The first kappa shape index (κ1) is 12.1. The Bertz CT molecular complexity index is 380. The largest absolute Gasteiger partial charge is 0.363 e. The van der Waals surface area contributed by atoms with E-state index in [9.17, 15) is 0 Å². The second kappa shape index (κ2) is 5.20. The van der Waals surface area contributed by atoms with Gasteiger partial charge in [0.15, 0.2) is 0 Å². The average Bonchev–Trinajstić information content (AvgIpc) is 2.17. The Hall–Kier alpha value is -0.980. The van der Waals surface area contributed by atoms with Gasteiger partial charge in [-0.25, -0.2) is 0 Å². The van der Waals surface area contributed by atoms with Crippen LogP contribution in [0.3, 0.4) is 0 Å². The number of hydrogen-bond donors (Lipinski definition) is 1. The van der Waals surface area contributed by atoms with Gasteiger partial charge in [0.25, 0.3) is 0 Å². The zero-order valence-corrected chi connectivity index (χ0v) is 10.6. The summed E-state index contributed by atoms with van der Waals surface area (Å²) in [6, 6.07) is 6.12. The van der Waals surface area contributed by atoms with Gasteiger partial charge in [-0.3, -0.25) is 0 Å². The van der Waals surface area contributed by atoms with Gasteiger partial charge in [0.05, 0.1) is 6.54 Å². The van der Waals surface area contributed by atoms with E-state index in [1.165, 1.54) is 0 Å². The third-order valence-corrected chi connectivity index (χ3v) is 2.93. The van der Waals surface area contributed by atoms with Crippen LogP contribution in [0.4, 0.5) is 5.69 Å². The lowest BCUT2D eigenvalue weighted by Crippen LogP contribution is -2.17. The van der Waals surface area contributed by atoms with Crippen LogP contribution in [0.1, 0.15) is 18.5 Å². The molecule has 1 rings (SSSR count). The molecule has 1 aromatic carbocycles. The molecule has 2 nitrogen and oxygen atoms in total. The molecule has 15 heavy (non-hydrogen) atoms. The molecule has 0 aliphatic rings. The van der Waals surface area contributed by atoms with Crippen LogP contribution in [0.5, 0.6) is 0 Å². The SMILES string of the molecule is C#CCN(C)c1ccc([C@H](C)N)c(Br)c1. The number of halogens is 1. The second-order valence-corrected chi connectivity index (χ2v) is 4.41. The summed E-state index contributed by atoms with van der Waals surface area (Å²) in [5.41, 5.74) is 8.02. The van der Waals surface area contributed by atoms with E-state index in [-0.39, 0.29) is 6.04 Å². The normalized spacial score (nSPS) is 11.9. The van der Waals surface area contributed by atoms with E-state index >= 15 is 0 Å². The smallest absolute Gasteiger partial charge is 0.0788 e. The molecule has 0 heterocycles. The van der Waals surface area contributed by atoms with Crippen molar-refractivity contribution >= 4 is 21.6 Å². The molecule has 80 valence electrons. The maximum atomic E-state index is 5.82. The summed E-state index contributed by atoms with van der Waals surface area (Å²) in [5, 5.41) is 0. The minimum atomic E-state index is 0.0337. The van der Waals surface area contributed by atoms with Gasteiger partial charge in [0.2, 0.25) is 0 Å². The Morgan fingerprint density at radius 3 is 2.73 bits per heavy atom. The highest BCUT2D eigenvalue weighted by Crippen LogP contribution is 2.26. The van der Waals surface area contributed by atoms with Gasteiger partial charge in [-0.1, -0.05) is 27.9 Å². The van der Waals surface area contributed by atoms with Crippen LogP contribution in [0.25, 0.3) is 0 Å². The predicted molar refractivity (Wildman–Crippen MR) is 68.8 cm³/mol. The highest BCUT2D eigenvalue weighted by atomic mass is 79.9. The molecule has 0 fully saturated rings. The molecule has 3 heteroatoms. The zero-order chi connectivity index (χ0) is 11.4. The van der Waals surface area contributed by atoms with Gasteiger partial charge in [-0.2, -0.15) is 0 Å². The minimum absolute atomic E-state index is 0.0337. The molecule has 0 saturated heterocycles. The quantitative estimate of drug-likeness (QED) is 0.853. The van der Waals surface area contributed by atoms with Gasteiger partial charge in [0.1, 0.15) is 0 Å². The van der Waals surface area contributed by atoms with Crippen LogP contribution < -0.4 is 10.6 Å². The van der Waals surface area contributed by atoms with Crippen molar-refractivity contribution in [1.82, 2.24) is 0 Å². The summed E-state index contributed by atoms with van der Waals surface area (Å²) in [5.74, 6) is 2.61. The third-order valence-electron chi connectivity index (χ3n) is 2.24. The summed E-state index contributed by atoms with van der Waals surface area (Å²) in [7, 11) is 1.97. The number of benzene rings is 1. The van der Waals surface area contributed by atoms with E-state index in [4.69, 9.17) is 12.2 Å². The maximum Gasteiger partial charge on any atom is 0.0788 e. The average molecular weight is 267 g/mol. The lowest BCUT2D eigenvalue weighted by Gasteiger charge is -2.18. The first-order valence-electron chi connectivity index (χ1n) is 4.76. The Balaban J connectivity index is 2.97. The summed E-state index contributed by atoms with van der Waals surface area (Å²) >= 11 is 3.51. The van der Waals surface area contributed by atoms with Gasteiger partial charge in [-0.05, 0) is 24.6 Å². The first-order chi connectivity index (χ1) is 7.06. The van der Waals surface area contributed by atoms with Crippen LogP contribution in [0.15, 0.2) is 22.7 Å². The van der Waals surface area contributed by atoms with E-state index in [1.807, 2.05) is 37.1 Å². The van der Waals surface area contributed by atoms with Crippen molar-refractivity contribution in [3.63, 3.8) is 0 Å². The summed E-state index contributed by atoms with van der Waals surface area (Å²) in [6.07, 6.45) is 5.26. The van der Waals surface area contributed by atoms with Crippen LogP contribution in [-0.4, -0.2) is 13.6 Å². The number of nitrogens with zero attached hydrogens (tertiary/aromatic N) is 1. The molecule has 2 N–H and O–H groups in total. The van der Waals surface area contributed by atoms with Gasteiger partial charge < -0.3 is 10.6 Å². The Morgan fingerprint density at radius 2 is 2.27 bits per heavy atom. The van der Waals surface area contributed by atoms with Gasteiger partial charge >= 0.3 is 0 Å². The molecule has 1 aromatic rings. The second-order valence-electron chi connectivity index (χ2n) is 3.55. The number of rotatable bonds is 3. The number of anilines is 1. The van der Waals surface area contributed by atoms with E-state index in [1.54, 1.807) is 0 Å². The fraction of sp³-hybridized carbons (Fsp3) is 0.333. The Morgan fingerprint density at radius 1 is 1.60 bits per heavy atom. The fourth-order valence-electron chi connectivity index (χ4n) is 1.35. The van der Waals surface area contributed by atoms with Crippen molar-refractivity contribution in [2.75, 3.05) is 18.5 Å². The predicted octanol–water partition coefficient (Wildman–Crippen LogP) is 2.54. The molecule has 0 aromatic heterocycles. The molecular formula is C12H15BrN2. The molecule has 0 radical (unpaired) electrons. The number of nitrogens with two attached hydrogens (primary N) is 1. The number of terminal acetylenes is 1. The van der Waals surface area contributed by atoms with Crippen LogP contribution >= 0.6 is 15.9 Å². The van der Waals surface area contributed by atoms with Crippen molar-refractivity contribution in [1.29, 1.82) is 0 Å². The summed E-state index contributed by atoms with van der Waals surface area (Å²) in [4.78, 5) is 2.01. The molecule has 0 bridgehead atoms. The molecular weight excluding hydrogens is 252 g/mol. The van der Waals surface area contributed by atoms with Crippen molar-refractivity contribution < 1.29 is 0 Å². The van der Waals surface area contributed by atoms with E-state index in [0.29, 0.717) is 6.54 Å². The highest BCUT2D eigenvalue weighted by molar-refractivity contribution is 9.10. The van der Waals surface area contributed by atoms with Crippen molar-refractivity contribution in [3.8, 4) is 12.3 Å². The lowest BCUT2D eigenvalue weighted by molar-refractivity contribution is 0.812. The Labute approximate surface area is 99.6 Å². The van der Waals surface area contributed by atoms with E-state index < -0.39 is 0 Å². The number of hydrogen-bond acceptors (Lipinski definition) is 2. The molecule has 1 atom stereocenters. The van der Waals surface area contributed by atoms with Gasteiger partial charge in [-0.15, -0.1) is 6.42 Å². The topological polar surface area (TPSA) is 29.3 Å². The third kappa shape index (κ3) is 2.98. The van der Waals surface area contributed by atoms with Crippen molar-refractivity contribution in [2.24, 2.45) is 5.73 Å². The molecule has 0 unspecified atom stereocenters.